The minimum Gasteiger partial charge on any atom is -0.725 e. The van der Waals surface area contributed by atoms with Gasteiger partial charge in [0.1, 0.15) is 0 Å². The van der Waals surface area contributed by atoms with Crippen molar-refractivity contribution in [3.8, 4) is 0 Å². The lowest BCUT2D eigenvalue weighted by molar-refractivity contribution is -0.384. The predicted octanol–water partition coefficient (Wildman–Crippen LogP) is 1.78. The molecule has 9 heteroatoms. The van der Waals surface area contributed by atoms with Crippen molar-refractivity contribution in [2.45, 2.75) is 12.2 Å². The molecule has 1 aromatic carbocycles. The molecule has 0 fully saturated rings. The number of hydrogen-bond donors (Lipinski definition) is 0. The van der Waals surface area contributed by atoms with Gasteiger partial charge in [-0.25, -0.2) is 12.0 Å². The topological polar surface area (TPSA) is 110 Å². The lowest BCUT2D eigenvalue weighted by Crippen LogP contribution is -2.00. The zero-order chi connectivity index (χ0) is 13.1. The molecule has 0 amide bonds. The maximum Gasteiger partial charge on any atom is 0.269 e. The molecule has 94 valence electrons. The second kappa shape index (κ2) is 5.45. The standard InChI is InChI=1S/C8H9NO6S2/c1-6(16-15-17(12,13)14)7-2-4-8(5-3-7)9(10)11/h2-6H,1H3,(H,12,13,14)/p-1. The van der Waals surface area contributed by atoms with Gasteiger partial charge in [0, 0.05) is 24.2 Å². The van der Waals surface area contributed by atoms with Crippen molar-refractivity contribution >= 4 is 28.1 Å². The summed E-state index contributed by atoms with van der Waals surface area (Å²) in [5, 5.41) is 9.96. The van der Waals surface area contributed by atoms with E-state index >= 15 is 0 Å². The van der Waals surface area contributed by atoms with Gasteiger partial charge < -0.3 is 4.55 Å². The van der Waals surface area contributed by atoms with Crippen molar-refractivity contribution < 1.29 is 21.5 Å². The van der Waals surface area contributed by atoms with Crippen LogP contribution in [-0.4, -0.2) is 17.9 Å². The van der Waals surface area contributed by atoms with E-state index in [-0.39, 0.29) is 5.69 Å². The third kappa shape index (κ3) is 4.69. The molecule has 0 radical (unpaired) electrons. The molecule has 0 aliphatic carbocycles. The molecule has 0 aliphatic rings. The number of nitrogens with zero attached hydrogens (tertiary/aromatic N) is 1. The Balaban J connectivity index is 2.70. The summed E-state index contributed by atoms with van der Waals surface area (Å²) in [4.78, 5) is 9.85. The third-order valence-corrected chi connectivity index (χ3v) is 3.38. The Kier molecular flexibility index (Phi) is 4.46. The second-order valence-corrected chi connectivity index (χ2v) is 5.32. The van der Waals surface area contributed by atoms with Gasteiger partial charge in [0.05, 0.1) is 10.2 Å². The van der Waals surface area contributed by atoms with Crippen molar-refractivity contribution in [3.05, 3.63) is 39.9 Å². The lowest BCUT2D eigenvalue weighted by Gasteiger charge is -2.12. The summed E-state index contributed by atoms with van der Waals surface area (Å²) in [5.74, 6) is 0. The van der Waals surface area contributed by atoms with E-state index in [9.17, 15) is 23.1 Å². The molecule has 0 bridgehead atoms. The van der Waals surface area contributed by atoms with Crippen molar-refractivity contribution in [2.75, 3.05) is 0 Å². The number of benzene rings is 1. The first-order valence-electron chi connectivity index (χ1n) is 4.35. The minimum atomic E-state index is -4.74. The minimum absolute atomic E-state index is 0.0664. The zero-order valence-electron chi connectivity index (χ0n) is 8.60. The van der Waals surface area contributed by atoms with Gasteiger partial charge in [-0.05, 0) is 12.5 Å². The van der Waals surface area contributed by atoms with Gasteiger partial charge >= 0.3 is 0 Å². The van der Waals surface area contributed by atoms with E-state index in [0.717, 1.165) is 0 Å². The fraction of sp³-hybridized carbons (Fsp3) is 0.250. The highest BCUT2D eigenvalue weighted by atomic mass is 32.3. The predicted molar refractivity (Wildman–Crippen MR) is 59.9 cm³/mol. The first kappa shape index (κ1) is 13.9. The summed E-state index contributed by atoms with van der Waals surface area (Å²) in [7, 11) is -4.74. The van der Waals surface area contributed by atoms with Gasteiger partial charge in [-0.1, -0.05) is 12.1 Å². The van der Waals surface area contributed by atoms with Crippen LogP contribution in [0.1, 0.15) is 17.7 Å². The van der Waals surface area contributed by atoms with Crippen LogP contribution in [0.15, 0.2) is 24.3 Å². The normalized spacial score (nSPS) is 13.3. The van der Waals surface area contributed by atoms with E-state index in [4.69, 9.17) is 0 Å². The van der Waals surface area contributed by atoms with E-state index in [1.54, 1.807) is 6.92 Å². The molecule has 1 aromatic rings. The molecule has 0 aliphatic heterocycles. The Morgan fingerprint density at radius 2 is 1.88 bits per heavy atom. The Labute approximate surface area is 102 Å². The molecule has 0 saturated heterocycles. The van der Waals surface area contributed by atoms with Crippen LogP contribution < -0.4 is 0 Å². The first-order chi connectivity index (χ1) is 7.79. The highest BCUT2D eigenvalue weighted by molar-refractivity contribution is 8.02. The van der Waals surface area contributed by atoms with Crippen LogP contribution in [0.5, 0.6) is 0 Å². The van der Waals surface area contributed by atoms with Crippen LogP contribution in [0.3, 0.4) is 0 Å². The van der Waals surface area contributed by atoms with Crippen molar-refractivity contribution in [1.29, 1.82) is 0 Å². The monoisotopic (exact) mass is 278 g/mol. The van der Waals surface area contributed by atoms with Crippen LogP contribution in [0.25, 0.3) is 0 Å². The molecular weight excluding hydrogens is 270 g/mol. The number of nitro groups is 1. The summed E-state index contributed by atoms with van der Waals surface area (Å²) in [5.41, 5.74) is 0.549. The van der Waals surface area contributed by atoms with Gasteiger partial charge in [0.15, 0.2) is 0 Å². The highest BCUT2D eigenvalue weighted by Crippen LogP contribution is 2.30. The van der Waals surface area contributed by atoms with Gasteiger partial charge in [0.25, 0.3) is 5.69 Å². The molecule has 0 N–H and O–H groups in total. The molecule has 0 heterocycles. The Morgan fingerprint density at radius 3 is 2.29 bits per heavy atom. The molecule has 0 aromatic heterocycles. The van der Waals surface area contributed by atoms with E-state index < -0.39 is 20.6 Å². The number of hydrogen-bond acceptors (Lipinski definition) is 7. The van der Waals surface area contributed by atoms with Gasteiger partial charge in [0.2, 0.25) is 10.4 Å². The zero-order valence-corrected chi connectivity index (χ0v) is 10.2. The lowest BCUT2D eigenvalue weighted by atomic mass is 10.1. The van der Waals surface area contributed by atoms with Gasteiger partial charge in [-0.15, -0.1) is 0 Å². The number of nitro benzene ring substituents is 1. The summed E-state index contributed by atoms with van der Waals surface area (Å²) >= 11 is 0.480. The summed E-state index contributed by atoms with van der Waals surface area (Å²) in [6.45, 7) is 1.61. The third-order valence-electron chi connectivity index (χ3n) is 1.84. The average molecular weight is 278 g/mol. The van der Waals surface area contributed by atoms with Crippen molar-refractivity contribution in [3.63, 3.8) is 0 Å². The second-order valence-electron chi connectivity index (χ2n) is 3.06. The maximum absolute atomic E-state index is 10.4. The van der Waals surface area contributed by atoms with Crippen LogP contribution >= 0.6 is 12.0 Å². The molecule has 17 heavy (non-hydrogen) atoms. The Morgan fingerprint density at radius 1 is 1.35 bits per heavy atom. The van der Waals surface area contributed by atoms with E-state index in [1.807, 2.05) is 0 Å². The SMILES string of the molecule is CC(SOS(=O)(=O)[O-])c1ccc([N+](=O)[O-])cc1. The molecule has 7 nitrogen and oxygen atoms in total. The maximum atomic E-state index is 10.4. The Bertz CT molecular complexity index is 497. The van der Waals surface area contributed by atoms with Crippen LogP contribution in [-0.2, 0) is 14.0 Å². The van der Waals surface area contributed by atoms with Crippen LogP contribution in [0.4, 0.5) is 5.69 Å². The van der Waals surface area contributed by atoms with E-state index in [0.29, 0.717) is 17.6 Å². The molecule has 0 spiro atoms. The summed E-state index contributed by atoms with van der Waals surface area (Å²) in [6.07, 6.45) is 0. The van der Waals surface area contributed by atoms with Gasteiger partial charge in [-0.3, -0.25) is 10.1 Å². The van der Waals surface area contributed by atoms with Crippen molar-refractivity contribution in [1.82, 2.24) is 0 Å². The molecule has 1 atom stereocenters. The fourth-order valence-electron chi connectivity index (χ4n) is 1.03. The highest BCUT2D eigenvalue weighted by Gasteiger charge is 2.11. The van der Waals surface area contributed by atoms with Crippen LogP contribution in [0, 0.1) is 10.1 Å². The smallest absolute Gasteiger partial charge is 0.269 e. The Hall–Kier alpha value is -1.16. The largest absolute Gasteiger partial charge is 0.725 e. The first-order valence-corrected chi connectivity index (χ1v) is 6.48. The summed E-state index contributed by atoms with van der Waals surface area (Å²) < 4.78 is 34.7. The molecule has 1 rings (SSSR count). The average Bonchev–Trinajstić information content (AvgIpc) is 2.25. The van der Waals surface area contributed by atoms with E-state index in [2.05, 4.69) is 3.63 Å². The van der Waals surface area contributed by atoms with Crippen molar-refractivity contribution in [2.24, 2.45) is 0 Å². The molecule has 0 saturated carbocycles. The number of non-ortho nitro benzene ring substituents is 1. The number of rotatable bonds is 5. The van der Waals surface area contributed by atoms with Gasteiger partial charge in [-0.2, -0.15) is 0 Å². The molecule has 1 unspecified atom stereocenters. The quantitative estimate of drug-likeness (QED) is 0.265. The summed E-state index contributed by atoms with van der Waals surface area (Å²) in [6, 6.07) is 5.52. The fourth-order valence-corrected chi connectivity index (χ4v) is 2.15. The van der Waals surface area contributed by atoms with Crippen LogP contribution in [0.2, 0.25) is 0 Å². The van der Waals surface area contributed by atoms with E-state index in [1.165, 1.54) is 24.3 Å². The molecular formula is C8H8NO6S2-.